The second kappa shape index (κ2) is 9.77. The van der Waals surface area contributed by atoms with E-state index in [-0.39, 0.29) is 0 Å². The molecule has 1 heterocycles. The van der Waals surface area contributed by atoms with Crippen LogP contribution in [0.3, 0.4) is 0 Å². The van der Waals surface area contributed by atoms with Gasteiger partial charge in [-0.2, -0.15) is 0 Å². The van der Waals surface area contributed by atoms with Crippen LogP contribution in [-0.2, 0) is 0 Å². The number of nitrogens with zero attached hydrogens (tertiary/aromatic N) is 1. The Bertz CT molecular complexity index is 1990. The molecule has 1 heteroatoms. The summed E-state index contributed by atoms with van der Waals surface area (Å²) in [5.74, 6) is 0.464. The van der Waals surface area contributed by atoms with Crippen molar-refractivity contribution in [3.8, 4) is 33.4 Å². The Hall–Kier alpha value is -4.75. The van der Waals surface area contributed by atoms with E-state index in [0.717, 1.165) is 5.56 Å². The summed E-state index contributed by atoms with van der Waals surface area (Å²) < 4.78 is 0. The van der Waals surface area contributed by atoms with Crippen LogP contribution in [0.25, 0.3) is 65.7 Å². The topological polar surface area (TPSA) is 12.9 Å². The van der Waals surface area contributed by atoms with Gasteiger partial charge in [-0.3, -0.25) is 4.98 Å². The predicted octanol–water partition coefficient (Wildman–Crippen LogP) is 11.0. The second-order valence-electron chi connectivity index (χ2n) is 11.1. The highest BCUT2D eigenvalue weighted by Gasteiger charge is 2.18. The molecule has 0 atom stereocenters. The summed E-state index contributed by atoms with van der Waals surface area (Å²) in [6.07, 6.45) is 3.86. The van der Waals surface area contributed by atoms with Crippen LogP contribution >= 0.6 is 0 Å². The van der Waals surface area contributed by atoms with Crippen LogP contribution in [0, 0.1) is 6.92 Å². The number of benzene rings is 6. The average Bonchev–Trinajstić information content (AvgIpc) is 2.99. The van der Waals surface area contributed by atoms with Crippen LogP contribution in [0.15, 0.2) is 128 Å². The van der Waals surface area contributed by atoms with Gasteiger partial charge in [-0.25, -0.2) is 0 Å². The molecular weight excluding hydrogens is 482 g/mol. The Morgan fingerprint density at radius 2 is 1.05 bits per heavy atom. The molecule has 1 nitrogen and oxygen atoms in total. The zero-order chi connectivity index (χ0) is 27.2. The molecule has 0 aliphatic carbocycles. The van der Waals surface area contributed by atoms with Crippen LogP contribution in [0.1, 0.15) is 30.9 Å². The molecule has 40 heavy (non-hydrogen) atoms. The quantitative estimate of drug-likeness (QED) is 0.213. The first-order valence-corrected chi connectivity index (χ1v) is 14.1. The van der Waals surface area contributed by atoms with Crippen molar-refractivity contribution in [2.75, 3.05) is 0 Å². The lowest BCUT2D eigenvalue weighted by Gasteiger charge is -2.20. The summed E-state index contributed by atoms with van der Waals surface area (Å²) in [7, 11) is 0. The normalized spacial score (nSPS) is 11.6. The number of hydrogen-bond donors (Lipinski definition) is 0. The smallest absolute Gasteiger partial charge is 0.0346 e. The summed E-state index contributed by atoms with van der Waals surface area (Å²) in [5.41, 5.74) is 9.98. The molecule has 0 spiro atoms. The predicted molar refractivity (Wildman–Crippen MR) is 172 cm³/mol. The van der Waals surface area contributed by atoms with Crippen LogP contribution in [0.4, 0.5) is 0 Å². The highest BCUT2D eigenvalue weighted by atomic mass is 14.6. The SMILES string of the molecule is Cc1cncc(-c2cccc(-c3c4ccccc4c(-c4cccc5c(C(C)C)cccc45)c4ccccc34)c2)c1. The molecular formula is C39H31N. The summed E-state index contributed by atoms with van der Waals surface area (Å²) in [6, 6.07) is 42.5. The first-order valence-electron chi connectivity index (χ1n) is 14.1. The van der Waals surface area contributed by atoms with Gasteiger partial charge in [-0.05, 0) is 96.2 Å². The summed E-state index contributed by atoms with van der Waals surface area (Å²) in [5, 5.41) is 7.75. The van der Waals surface area contributed by atoms with Gasteiger partial charge >= 0.3 is 0 Å². The van der Waals surface area contributed by atoms with Gasteiger partial charge in [0, 0.05) is 18.0 Å². The van der Waals surface area contributed by atoms with Crippen molar-refractivity contribution in [1.29, 1.82) is 0 Å². The molecule has 6 aromatic carbocycles. The summed E-state index contributed by atoms with van der Waals surface area (Å²) >= 11 is 0. The van der Waals surface area contributed by atoms with Crippen molar-refractivity contribution in [1.82, 2.24) is 4.98 Å². The van der Waals surface area contributed by atoms with E-state index in [0.29, 0.717) is 5.92 Å². The van der Waals surface area contributed by atoms with Crippen molar-refractivity contribution in [3.63, 3.8) is 0 Å². The Balaban J connectivity index is 1.56. The number of fused-ring (bicyclic) bond motifs is 3. The van der Waals surface area contributed by atoms with E-state index >= 15 is 0 Å². The molecule has 0 fully saturated rings. The van der Waals surface area contributed by atoms with Crippen LogP contribution < -0.4 is 0 Å². The molecule has 0 saturated heterocycles. The van der Waals surface area contributed by atoms with Gasteiger partial charge in [0.25, 0.3) is 0 Å². The lowest BCUT2D eigenvalue weighted by atomic mass is 9.83. The zero-order valence-corrected chi connectivity index (χ0v) is 23.1. The second-order valence-corrected chi connectivity index (χ2v) is 11.1. The van der Waals surface area contributed by atoms with Crippen LogP contribution in [0.2, 0.25) is 0 Å². The third-order valence-electron chi connectivity index (χ3n) is 8.14. The molecule has 0 aliphatic heterocycles. The number of hydrogen-bond acceptors (Lipinski definition) is 1. The minimum atomic E-state index is 0.464. The molecule has 1 aromatic heterocycles. The van der Waals surface area contributed by atoms with Crippen molar-refractivity contribution >= 4 is 32.3 Å². The van der Waals surface area contributed by atoms with E-state index in [1.807, 2.05) is 12.4 Å². The van der Waals surface area contributed by atoms with Crippen molar-refractivity contribution in [2.45, 2.75) is 26.7 Å². The van der Waals surface area contributed by atoms with Crippen molar-refractivity contribution in [2.24, 2.45) is 0 Å². The monoisotopic (exact) mass is 513 g/mol. The lowest BCUT2D eigenvalue weighted by molar-refractivity contribution is 0.876. The van der Waals surface area contributed by atoms with Crippen molar-refractivity contribution < 1.29 is 0 Å². The first-order chi connectivity index (χ1) is 19.6. The molecule has 0 bridgehead atoms. The molecule has 7 aromatic rings. The van der Waals surface area contributed by atoms with E-state index in [4.69, 9.17) is 0 Å². The van der Waals surface area contributed by atoms with Crippen molar-refractivity contribution in [3.05, 3.63) is 139 Å². The number of pyridine rings is 1. The van der Waals surface area contributed by atoms with E-state index in [2.05, 4.69) is 141 Å². The molecule has 0 aliphatic rings. The van der Waals surface area contributed by atoms with Gasteiger partial charge < -0.3 is 0 Å². The minimum absolute atomic E-state index is 0.464. The van der Waals surface area contributed by atoms with E-state index in [1.165, 1.54) is 71.3 Å². The molecule has 0 saturated carbocycles. The van der Waals surface area contributed by atoms with Gasteiger partial charge in [-0.15, -0.1) is 0 Å². The third-order valence-corrected chi connectivity index (χ3v) is 8.14. The summed E-state index contributed by atoms with van der Waals surface area (Å²) in [4.78, 5) is 4.45. The van der Waals surface area contributed by atoms with E-state index < -0.39 is 0 Å². The molecule has 0 amide bonds. The van der Waals surface area contributed by atoms with Gasteiger partial charge in [0.2, 0.25) is 0 Å². The molecule has 0 N–H and O–H groups in total. The zero-order valence-electron chi connectivity index (χ0n) is 23.1. The fraction of sp³-hybridized carbons (Fsp3) is 0.103. The average molecular weight is 514 g/mol. The number of rotatable bonds is 4. The maximum absolute atomic E-state index is 4.45. The third kappa shape index (κ3) is 3.98. The fourth-order valence-corrected chi connectivity index (χ4v) is 6.35. The highest BCUT2D eigenvalue weighted by Crippen LogP contribution is 2.46. The highest BCUT2D eigenvalue weighted by molar-refractivity contribution is 6.23. The maximum atomic E-state index is 4.45. The minimum Gasteiger partial charge on any atom is -0.264 e. The standard InChI is InChI=1S/C39H31N/c1-25(2)30-17-9-19-32-31(30)18-10-20-33(32)39-36-15-6-4-13-34(36)38(35-14-5-7-16-37(35)39)28-12-8-11-27(22-28)29-21-26(3)23-40-24-29/h4-25H,1-3H3. The fourth-order valence-electron chi connectivity index (χ4n) is 6.35. The Kier molecular flexibility index (Phi) is 5.94. The van der Waals surface area contributed by atoms with Crippen LogP contribution in [0.5, 0.6) is 0 Å². The molecule has 0 radical (unpaired) electrons. The molecule has 192 valence electrons. The van der Waals surface area contributed by atoms with E-state index in [1.54, 1.807) is 0 Å². The first kappa shape index (κ1) is 24.3. The Labute approximate surface area is 235 Å². The van der Waals surface area contributed by atoms with Gasteiger partial charge in [0.15, 0.2) is 0 Å². The number of aryl methyl sites for hydroxylation is 1. The number of aromatic nitrogens is 1. The van der Waals surface area contributed by atoms with Gasteiger partial charge in [-0.1, -0.05) is 117 Å². The lowest BCUT2D eigenvalue weighted by Crippen LogP contribution is -1.94. The van der Waals surface area contributed by atoms with E-state index in [9.17, 15) is 0 Å². The molecule has 7 rings (SSSR count). The Morgan fingerprint density at radius 3 is 1.73 bits per heavy atom. The maximum Gasteiger partial charge on any atom is 0.0346 e. The largest absolute Gasteiger partial charge is 0.264 e. The van der Waals surface area contributed by atoms with Gasteiger partial charge in [0.05, 0.1) is 0 Å². The van der Waals surface area contributed by atoms with Gasteiger partial charge in [0.1, 0.15) is 0 Å². The summed E-state index contributed by atoms with van der Waals surface area (Å²) in [6.45, 7) is 6.65. The van der Waals surface area contributed by atoms with Crippen LogP contribution in [-0.4, -0.2) is 4.98 Å². The molecule has 0 unspecified atom stereocenters. The Morgan fingerprint density at radius 1 is 0.475 bits per heavy atom.